The molecule has 0 amide bonds. The van der Waals surface area contributed by atoms with Gasteiger partial charge in [-0.1, -0.05) is 11.8 Å². The number of thioether (sulfide) groups is 1. The Morgan fingerprint density at radius 3 is 3.05 bits per heavy atom. The lowest BCUT2D eigenvalue weighted by atomic mass is 10.2. The van der Waals surface area contributed by atoms with Crippen LogP contribution in [0.15, 0.2) is 11.4 Å². The van der Waals surface area contributed by atoms with Crippen LogP contribution in [0.4, 0.5) is 0 Å². The molecule has 0 N–H and O–H groups in total. The molecule has 0 unspecified atom stereocenters. The first-order chi connectivity index (χ1) is 10.6. The number of ether oxygens (including phenoxy) is 2. The third-order valence-corrected chi connectivity index (χ3v) is 5.50. The zero-order chi connectivity index (χ0) is 15.7. The Balaban J connectivity index is 1.69. The number of aromatic nitrogens is 2. The molecule has 0 radical (unpaired) electrons. The van der Waals surface area contributed by atoms with E-state index in [0.29, 0.717) is 13.0 Å². The lowest BCUT2D eigenvalue weighted by molar-refractivity contribution is -0.158. The first-order valence-electron chi connectivity index (χ1n) is 6.76. The fraction of sp³-hybridized carbons (Fsp3) is 0.429. The number of hydrogen-bond acceptors (Lipinski definition) is 8. The molecular weight excluding hydrogens is 324 g/mol. The van der Waals surface area contributed by atoms with Gasteiger partial charge < -0.3 is 9.47 Å². The molecule has 2 aromatic heterocycles. The maximum Gasteiger partial charge on any atom is 0.347 e. The SMILES string of the molecule is Cc1sc2ncnc(SCC(=O)O[C@@H]3CCOC3=O)c2c1C. The number of hydrogen-bond donors (Lipinski definition) is 0. The van der Waals surface area contributed by atoms with E-state index in [2.05, 4.69) is 9.97 Å². The van der Waals surface area contributed by atoms with Crippen LogP contribution in [0, 0.1) is 13.8 Å². The van der Waals surface area contributed by atoms with E-state index in [1.54, 1.807) is 11.3 Å². The summed E-state index contributed by atoms with van der Waals surface area (Å²) >= 11 is 2.91. The largest absolute Gasteiger partial charge is 0.463 e. The molecule has 6 nitrogen and oxygen atoms in total. The summed E-state index contributed by atoms with van der Waals surface area (Å²) in [6.07, 6.45) is 1.17. The Kier molecular flexibility index (Phi) is 4.30. The van der Waals surface area contributed by atoms with Crippen LogP contribution >= 0.6 is 23.1 Å². The number of thiophene rings is 1. The average molecular weight is 338 g/mol. The number of aryl methyl sites for hydroxylation is 2. The van der Waals surface area contributed by atoms with Crippen LogP contribution < -0.4 is 0 Å². The Hall–Kier alpha value is -1.67. The van der Waals surface area contributed by atoms with Crippen LogP contribution in [0.25, 0.3) is 10.2 Å². The minimum absolute atomic E-state index is 0.101. The van der Waals surface area contributed by atoms with Crippen LogP contribution in [-0.2, 0) is 19.1 Å². The van der Waals surface area contributed by atoms with Crippen molar-refractivity contribution in [3.8, 4) is 0 Å². The van der Waals surface area contributed by atoms with Gasteiger partial charge in [-0.15, -0.1) is 11.3 Å². The van der Waals surface area contributed by atoms with E-state index in [1.165, 1.54) is 23.0 Å². The number of nitrogens with zero attached hydrogens (tertiary/aromatic N) is 2. The summed E-state index contributed by atoms with van der Waals surface area (Å²) in [6, 6.07) is 0. The molecule has 1 aliphatic rings. The van der Waals surface area contributed by atoms with Crippen molar-refractivity contribution in [2.24, 2.45) is 0 Å². The summed E-state index contributed by atoms with van der Waals surface area (Å²) in [6.45, 7) is 4.37. The van der Waals surface area contributed by atoms with Crippen molar-refractivity contribution in [1.82, 2.24) is 9.97 Å². The van der Waals surface area contributed by atoms with Crippen molar-refractivity contribution in [1.29, 1.82) is 0 Å². The Labute approximate surface area is 135 Å². The molecule has 0 aromatic carbocycles. The summed E-state index contributed by atoms with van der Waals surface area (Å²) in [5.41, 5.74) is 1.14. The molecule has 2 aromatic rings. The van der Waals surface area contributed by atoms with Crippen LogP contribution in [0.2, 0.25) is 0 Å². The zero-order valence-electron chi connectivity index (χ0n) is 12.1. The minimum atomic E-state index is -0.761. The van der Waals surface area contributed by atoms with Crippen LogP contribution in [0.3, 0.4) is 0 Å². The Bertz CT molecular complexity index is 744. The fourth-order valence-electron chi connectivity index (χ4n) is 2.16. The maximum atomic E-state index is 11.9. The van der Waals surface area contributed by atoms with E-state index >= 15 is 0 Å². The molecule has 22 heavy (non-hydrogen) atoms. The lowest BCUT2D eigenvalue weighted by Gasteiger charge is -2.08. The number of rotatable bonds is 4. The summed E-state index contributed by atoms with van der Waals surface area (Å²) in [7, 11) is 0. The molecule has 0 spiro atoms. The second kappa shape index (κ2) is 6.21. The third kappa shape index (κ3) is 2.93. The number of carbonyl (C=O) groups is 2. The molecule has 1 saturated heterocycles. The van der Waals surface area contributed by atoms with Gasteiger partial charge in [-0.05, 0) is 19.4 Å². The van der Waals surface area contributed by atoms with Crippen molar-refractivity contribution in [2.45, 2.75) is 31.4 Å². The van der Waals surface area contributed by atoms with Gasteiger partial charge in [0.1, 0.15) is 16.2 Å². The molecule has 1 fully saturated rings. The van der Waals surface area contributed by atoms with Crippen LogP contribution in [0.1, 0.15) is 16.9 Å². The van der Waals surface area contributed by atoms with Crippen molar-refractivity contribution in [2.75, 3.05) is 12.4 Å². The van der Waals surface area contributed by atoms with Gasteiger partial charge in [-0.25, -0.2) is 14.8 Å². The topological polar surface area (TPSA) is 78.4 Å². The number of carbonyl (C=O) groups excluding carboxylic acids is 2. The van der Waals surface area contributed by atoms with E-state index in [4.69, 9.17) is 9.47 Å². The summed E-state index contributed by atoms with van der Waals surface area (Å²) < 4.78 is 9.88. The Morgan fingerprint density at radius 1 is 1.50 bits per heavy atom. The summed E-state index contributed by atoms with van der Waals surface area (Å²) in [5.74, 6) is -0.804. The molecule has 1 atom stereocenters. The molecule has 0 bridgehead atoms. The van der Waals surface area contributed by atoms with E-state index < -0.39 is 18.0 Å². The second-order valence-corrected chi connectivity index (χ2v) is 7.03. The highest BCUT2D eigenvalue weighted by atomic mass is 32.2. The first-order valence-corrected chi connectivity index (χ1v) is 8.56. The van der Waals surface area contributed by atoms with Crippen molar-refractivity contribution in [3.63, 3.8) is 0 Å². The van der Waals surface area contributed by atoms with E-state index in [-0.39, 0.29) is 5.75 Å². The van der Waals surface area contributed by atoms with E-state index in [0.717, 1.165) is 20.8 Å². The van der Waals surface area contributed by atoms with Crippen LogP contribution in [-0.4, -0.2) is 40.4 Å². The predicted octanol–water partition coefficient (Wildman–Crippen LogP) is 2.26. The standard InChI is InChI=1S/C14H14N2O4S2/c1-7-8(2)22-13-11(7)12(15-6-16-13)21-5-10(17)20-9-3-4-19-14(9)18/h6,9H,3-5H2,1-2H3/t9-/m1/s1. The quantitative estimate of drug-likeness (QED) is 0.480. The summed E-state index contributed by atoms with van der Waals surface area (Å²) in [4.78, 5) is 33.8. The zero-order valence-corrected chi connectivity index (χ0v) is 13.8. The van der Waals surface area contributed by atoms with E-state index in [9.17, 15) is 9.59 Å². The molecule has 116 valence electrons. The van der Waals surface area contributed by atoms with Gasteiger partial charge in [-0.3, -0.25) is 4.79 Å². The second-order valence-electron chi connectivity index (χ2n) is 4.87. The number of fused-ring (bicyclic) bond motifs is 1. The summed E-state index contributed by atoms with van der Waals surface area (Å²) in [5, 5.41) is 1.75. The predicted molar refractivity (Wildman–Crippen MR) is 83.1 cm³/mol. The third-order valence-electron chi connectivity index (χ3n) is 3.42. The van der Waals surface area contributed by atoms with Gasteiger partial charge in [0.15, 0.2) is 0 Å². The van der Waals surface area contributed by atoms with Gasteiger partial charge in [-0.2, -0.15) is 0 Å². The lowest BCUT2D eigenvalue weighted by Crippen LogP contribution is -2.23. The highest BCUT2D eigenvalue weighted by Gasteiger charge is 2.30. The molecular formula is C14H14N2O4S2. The molecule has 0 saturated carbocycles. The van der Waals surface area contributed by atoms with Gasteiger partial charge in [0, 0.05) is 16.7 Å². The highest BCUT2D eigenvalue weighted by Crippen LogP contribution is 2.34. The van der Waals surface area contributed by atoms with Gasteiger partial charge >= 0.3 is 11.9 Å². The highest BCUT2D eigenvalue weighted by molar-refractivity contribution is 8.00. The maximum absolute atomic E-state index is 11.9. The first kappa shape index (κ1) is 15.2. The van der Waals surface area contributed by atoms with Gasteiger partial charge in [0.2, 0.25) is 6.10 Å². The number of cyclic esters (lactones) is 1. The average Bonchev–Trinajstić information content (AvgIpc) is 3.02. The van der Waals surface area contributed by atoms with Gasteiger partial charge in [0.25, 0.3) is 0 Å². The van der Waals surface area contributed by atoms with Gasteiger partial charge in [0.05, 0.1) is 12.4 Å². The molecule has 3 rings (SSSR count). The molecule has 3 heterocycles. The monoisotopic (exact) mass is 338 g/mol. The smallest absolute Gasteiger partial charge is 0.347 e. The Morgan fingerprint density at radius 2 is 2.32 bits per heavy atom. The minimum Gasteiger partial charge on any atom is -0.463 e. The van der Waals surface area contributed by atoms with Crippen molar-refractivity contribution >= 4 is 45.3 Å². The molecule has 1 aliphatic heterocycles. The van der Waals surface area contributed by atoms with E-state index in [1.807, 2.05) is 13.8 Å². The van der Waals surface area contributed by atoms with Crippen LogP contribution in [0.5, 0.6) is 0 Å². The van der Waals surface area contributed by atoms with Crippen molar-refractivity contribution < 1.29 is 19.1 Å². The molecule has 8 heteroatoms. The fourth-order valence-corrected chi connectivity index (χ4v) is 4.06. The molecule has 0 aliphatic carbocycles. The van der Waals surface area contributed by atoms with Crippen molar-refractivity contribution in [3.05, 3.63) is 16.8 Å². The number of esters is 2. The normalized spacial score (nSPS) is 17.7.